The lowest BCUT2D eigenvalue weighted by Gasteiger charge is -1.99. The molecule has 0 atom stereocenters. The maximum Gasteiger partial charge on any atom is 0.201 e. The van der Waals surface area contributed by atoms with Gasteiger partial charge in [-0.3, -0.25) is 0 Å². The molecule has 3 rings (SSSR count). The van der Waals surface area contributed by atoms with Crippen LogP contribution in [-0.2, 0) is 13.5 Å². The van der Waals surface area contributed by atoms with E-state index in [2.05, 4.69) is 4.98 Å². The molecule has 3 aromatic rings. The molecule has 1 aromatic carbocycles. The largest absolute Gasteiger partial charge is 0.504 e. The molecule has 3 N–H and O–H groups in total. The van der Waals surface area contributed by atoms with E-state index in [1.54, 1.807) is 12.4 Å². The van der Waals surface area contributed by atoms with Gasteiger partial charge in [0.25, 0.3) is 0 Å². The predicted molar refractivity (Wildman–Crippen MR) is 67.2 cm³/mol. The van der Waals surface area contributed by atoms with Gasteiger partial charge in [0.1, 0.15) is 5.82 Å². The summed E-state index contributed by atoms with van der Waals surface area (Å²) in [4.78, 5) is 4.14. The zero-order valence-electron chi connectivity index (χ0n) is 10.2. The highest BCUT2D eigenvalue weighted by molar-refractivity contribution is 5.91. The van der Waals surface area contributed by atoms with E-state index < -0.39 is 0 Å². The summed E-state index contributed by atoms with van der Waals surface area (Å²) in [5.74, 6) is 0.306. The van der Waals surface area contributed by atoms with E-state index in [-0.39, 0.29) is 22.8 Å². The van der Waals surface area contributed by atoms with Crippen molar-refractivity contribution in [2.75, 3.05) is 0 Å². The van der Waals surface area contributed by atoms with Crippen LogP contribution in [-0.4, -0.2) is 24.9 Å². The van der Waals surface area contributed by atoms with E-state index in [9.17, 15) is 15.3 Å². The number of nitrogens with zero attached hydrogens (tertiary/aromatic N) is 2. The summed E-state index contributed by atoms with van der Waals surface area (Å²) in [5, 5.41) is 29.5. The number of fused-ring (bicyclic) bond motifs is 1. The number of rotatable bonds is 2. The molecular formula is C13H12N2O4. The Morgan fingerprint density at radius 2 is 2.00 bits per heavy atom. The van der Waals surface area contributed by atoms with E-state index in [4.69, 9.17) is 4.42 Å². The number of benzene rings is 1. The van der Waals surface area contributed by atoms with Gasteiger partial charge in [0.05, 0.1) is 11.8 Å². The van der Waals surface area contributed by atoms with Crippen LogP contribution in [0, 0.1) is 0 Å². The van der Waals surface area contributed by atoms with Crippen LogP contribution in [0.1, 0.15) is 11.6 Å². The number of aryl methyl sites for hydroxylation is 1. The molecule has 0 unspecified atom stereocenters. The Hall–Kier alpha value is -2.63. The predicted octanol–water partition coefficient (Wildman–Crippen LogP) is 1.87. The first kappa shape index (κ1) is 11.5. The Labute approximate surface area is 108 Å². The Morgan fingerprint density at radius 3 is 2.68 bits per heavy atom. The normalized spacial score (nSPS) is 11.2. The van der Waals surface area contributed by atoms with Gasteiger partial charge in [-0.25, -0.2) is 4.98 Å². The standard InChI is InChI=1S/C13H12N2O4/c1-15-5-4-14-10(15)6-9-11(17)7-2-3-8(16)12(18)13(7)19-9/h2-5,16-18H,6H2,1H3. The van der Waals surface area contributed by atoms with Crippen LogP contribution in [0.5, 0.6) is 17.2 Å². The number of imidazole rings is 1. The molecule has 6 nitrogen and oxygen atoms in total. The van der Waals surface area contributed by atoms with Crippen molar-refractivity contribution >= 4 is 11.0 Å². The van der Waals surface area contributed by atoms with Crippen molar-refractivity contribution in [2.24, 2.45) is 7.05 Å². The number of aromatic hydroxyl groups is 3. The molecule has 2 heterocycles. The number of hydrogen-bond acceptors (Lipinski definition) is 5. The second-order valence-electron chi connectivity index (χ2n) is 4.31. The Morgan fingerprint density at radius 1 is 1.21 bits per heavy atom. The lowest BCUT2D eigenvalue weighted by Crippen LogP contribution is -1.97. The van der Waals surface area contributed by atoms with Crippen LogP contribution in [0.25, 0.3) is 11.0 Å². The molecule has 0 bridgehead atoms. The fraction of sp³-hybridized carbons (Fsp3) is 0.154. The van der Waals surface area contributed by atoms with Gasteiger partial charge in [0.15, 0.2) is 22.8 Å². The molecule has 0 saturated carbocycles. The molecule has 0 amide bonds. The highest BCUT2D eigenvalue weighted by Gasteiger charge is 2.19. The molecule has 0 radical (unpaired) electrons. The second kappa shape index (κ2) is 3.94. The average molecular weight is 260 g/mol. The van der Waals surface area contributed by atoms with Crippen molar-refractivity contribution in [3.63, 3.8) is 0 Å². The number of phenols is 2. The lowest BCUT2D eigenvalue weighted by molar-refractivity contribution is 0.397. The summed E-state index contributed by atoms with van der Waals surface area (Å²) in [7, 11) is 1.84. The van der Waals surface area contributed by atoms with E-state index in [0.29, 0.717) is 17.6 Å². The van der Waals surface area contributed by atoms with Crippen LogP contribution in [0.3, 0.4) is 0 Å². The fourth-order valence-electron chi connectivity index (χ4n) is 2.00. The number of phenolic OH excluding ortho intramolecular Hbond substituents is 2. The van der Waals surface area contributed by atoms with Crippen molar-refractivity contribution in [3.8, 4) is 17.2 Å². The van der Waals surface area contributed by atoms with Gasteiger partial charge in [-0.15, -0.1) is 0 Å². The number of furan rings is 1. The van der Waals surface area contributed by atoms with Crippen LogP contribution in [0.15, 0.2) is 28.9 Å². The highest BCUT2D eigenvalue weighted by Crippen LogP contribution is 2.41. The molecule has 19 heavy (non-hydrogen) atoms. The Kier molecular flexibility index (Phi) is 2.38. The minimum absolute atomic E-state index is 0.0479. The van der Waals surface area contributed by atoms with Gasteiger partial charge >= 0.3 is 0 Å². The smallest absolute Gasteiger partial charge is 0.201 e. The highest BCUT2D eigenvalue weighted by atomic mass is 16.4. The van der Waals surface area contributed by atoms with Crippen LogP contribution in [0.2, 0.25) is 0 Å². The molecular weight excluding hydrogens is 248 g/mol. The van der Waals surface area contributed by atoms with E-state index in [0.717, 1.165) is 5.82 Å². The molecule has 98 valence electrons. The van der Waals surface area contributed by atoms with Crippen LogP contribution >= 0.6 is 0 Å². The van der Waals surface area contributed by atoms with Gasteiger partial charge in [-0.2, -0.15) is 0 Å². The quantitative estimate of drug-likeness (QED) is 0.612. The van der Waals surface area contributed by atoms with Crippen LogP contribution in [0.4, 0.5) is 0 Å². The molecule has 2 aromatic heterocycles. The molecule has 0 spiro atoms. The summed E-state index contributed by atoms with van der Waals surface area (Å²) in [6.07, 6.45) is 3.74. The van der Waals surface area contributed by atoms with Crippen LogP contribution < -0.4 is 0 Å². The van der Waals surface area contributed by atoms with Gasteiger partial charge in [0.2, 0.25) is 5.75 Å². The SMILES string of the molecule is Cn1ccnc1Cc1oc2c(O)c(O)ccc2c1O. The third-order valence-electron chi connectivity index (χ3n) is 3.09. The Balaban J connectivity index is 2.13. The molecule has 0 fully saturated rings. The molecule has 0 saturated heterocycles. The first-order valence-electron chi connectivity index (χ1n) is 5.69. The molecule has 6 heteroatoms. The zero-order chi connectivity index (χ0) is 13.6. The Bertz CT molecular complexity index is 757. The zero-order valence-corrected chi connectivity index (χ0v) is 10.2. The number of aromatic nitrogens is 2. The van der Waals surface area contributed by atoms with Gasteiger partial charge < -0.3 is 24.3 Å². The second-order valence-corrected chi connectivity index (χ2v) is 4.31. The molecule has 0 aliphatic carbocycles. The maximum absolute atomic E-state index is 10.1. The summed E-state index contributed by atoms with van der Waals surface area (Å²) in [6.45, 7) is 0. The fourth-order valence-corrected chi connectivity index (χ4v) is 2.00. The lowest BCUT2D eigenvalue weighted by atomic mass is 10.2. The van der Waals surface area contributed by atoms with Crippen molar-refractivity contribution in [1.82, 2.24) is 9.55 Å². The average Bonchev–Trinajstić information content (AvgIpc) is 2.92. The van der Waals surface area contributed by atoms with Crippen molar-refractivity contribution in [3.05, 3.63) is 36.1 Å². The monoisotopic (exact) mass is 260 g/mol. The van der Waals surface area contributed by atoms with Crippen molar-refractivity contribution in [1.29, 1.82) is 0 Å². The minimum atomic E-state index is -0.376. The molecule has 0 aliphatic heterocycles. The minimum Gasteiger partial charge on any atom is -0.504 e. The van der Waals surface area contributed by atoms with E-state index in [1.165, 1.54) is 12.1 Å². The van der Waals surface area contributed by atoms with Gasteiger partial charge in [0, 0.05) is 19.4 Å². The topological polar surface area (TPSA) is 91.7 Å². The van der Waals surface area contributed by atoms with Crippen molar-refractivity contribution in [2.45, 2.75) is 6.42 Å². The summed E-state index contributed by atoms with van der Waals surface area (Å²) in [6, 6.07) is 2.79. The third-order valence-corrected chi connectivity index (χ3v) is 3.09. The van der Waals surface area contributed by atoms with Crippen molar-refractivity contribution < 1.29 is 19.7 Å². The maximum atomic E-state index is 10.1. The summed E-state index contributed by atoms with van der Waals surface area (Å²) >= 11 is 0. The third kappa shape index (κ3) is 1.69. The first-order valence-corrected chi connectivity index (χ1v) is 5.69. The van der Waals surface area contributed by atoms with E-state index in [1.807, 2.05) is 11.6 Å². The van der Waals surface area contributed by atoms with Gasteiger partial charge in [-0.1, -0.05) is 0 Å². The summed E-state index contributed by atoms with van der Waals surface area (Å²) < 4.78 is 7.23. The number of hydrogen-bond donors (Lipinski definition) is 3. The first-order chi connectivity index (χ1) is 9.08. The van der Waals surface area contributed by atoms with Gasteiger partial charge in [-0.05, 0) is 12.1 Å². The van der Waals surface area contributed by atoms with E-state index >= 15 is 0 Å². The summed E-state index contributed by atoms with van der Waals surface area (Å²) in [5.41, 5.74) is 0.0710. The molecule has 0 aliphatic rings.